The molecule has 198 valence electrons. The van der Waals surface area contributed by atoms with Gasteiger partial charge >= 0.3 is 0 Å². The summed E-state index contributed by atoms with van der Waals surface area (Å²) in [7, 11) is 3.15. The molecule has 6 nitrogen and oxygen atoms in total. The van der Waals surface area contributed by atoms with E-state index in [1.165, 1.54) is 0 Å². The summed E-state index contributed by atoms with van der Waals surface area (Å²) in [4.78, 5) is 28.2. The van der Waals surface area contributed by atoms with Crippen molar-refractivity contribution in [2.24, 2.45) is 0 Å². The van der Waals surface area contributed by atoms with Gasteiger partial charge in [0.2, 0.25) is 0 Å². The number of amides is 1. The fraction of sp³-hybridized carbons (Fsp3) is 0.290. The highest BCUT2D eigenvalue weighted by atomic mass is 79.9. The number of benzene rings is 3. The molecule has 0 saturated carbocycles. The highest BCUT2D eigenvalue weighted by molar-refractivity contribution is 9.10. The number of Topliss-reactive ketones (excluding diaryl/α,β-unsaturated/α-hetero) is 1. The molecule has 1 aliphatic rings. The molecular weight excluding hydrogens is 546 g/mol. The third-order valence-corrected chi connectivity index (χ3v) is 7.37. The number of halogens is 1. The molecule has 38 heavy (non-hydrogen) atoms. The molecule has 0 aliphatic carbocycles. The second-order valence-electron chi connectivity index (χ2n) is 10.3. The molecule has 0 unspecified atom stereocenters. The Hall–Kier alpha value is -3.58. The molecule has 1 atom stereocenters. The summed E-state index contributed by atoms with van der Waals surface area (Å²) in [5.74, 6) is -0.298. The standard InChI is InChI=1S/C31H32BrNO5/c1-31(2,3)22-11-7-20(8-12-22)27-26(28(34)21-9-13-23(32)14-10-21)29(35)30(36)33(27)17-16-19-6-15-24(37-4)25(18-19)38-5/h6-15,18,27,34H,16-17H2,1-5H3/t27-/m1/s1. The van der Waals surface area contributed by atoms with E-state index < -0.39 is 17.7 Å². The summed E-state index contributed by atoms with van der Waals surface area (Å²) in [5.41, 5.74) is 3.35. The maximum Gasteiger partial charge on any atom is 0.295 e. The summed E-state index contributed by atoms with van der Waals surface area (Å²) >= 11 is 3.40. The number of aliphatic hydroxyl groups excluding tert-OH is 1. The van der Waals surface area contributed by atoms with E-state index in [0.29, 0.717) is 23.5 Å². The first-order valence-corrected chi connectivity index (χ1v) is 13.2. The van der Waals surface area contributed by atoms with Crippen molar-refractivity contribution in [3.63, 3.8) is 0 Å². The van der Waals surface area contributed by atoms with Crippen LogP contribution in [0.4, 0.5) is 0 Å². The molecule has 1 amide bonds. The van der Waals surface area contributed by atoms with Gasteiger partial charge < -0.3 is 19.5 Å². The number of rotatable bonds is 7. The summed E-state index contributed by atoms with van der Waals surface area (Å²) in [6.45, 7) is 6.67. The van der Waals surface area contributed by atoms with Crippen LogP contribution < -0.4 is 9.47 Å². The van der Waals surface area contributed by atoms with Crippen molar-refractivity contribution in [3.8, 4) is 11.5 Å². The fourth-order valence-corrected chi connectivity index (χ4v) is 4.94. The van der Waals surface area contributed by atoms with Gasteiger partial charge in [0, 0.05) is 16.6 Å². The van der Waals surface area contributed by atoms with Gasteiger partial charge in [0.1, 0.15) is 5.76 Å². The number of ketones is 1. The summed E-state index contributed by atoms with van der Waals surface area (Å²) in [5, 5.41) is 11.3. The van der Waals surface area contributed by atoms with Crippen molar-refractivity contribution >= 4 is 33.4 Å². The predicted molar refractivity (Wildman–Crippen MR) is 152 cm³/mol. The van der Waals surface area contributed by atoms with Crippen LogP contribution in [0, 0.1) is 0 Å². The van der Waals surface area contributed by atoms with Crippen LogP contribution in [0.1, 0.15) is 49.1 Å². The second kappa shape index (κ2) is 11.0. The summed E-state index contributed by atoms with van der Waals surface area (Å²) in [6, 6.07) is 19.8. The minimum absolute atomic E-state index is 0.0504. The first-order valence-electron chi connectivity index (χ1n) is 12.4. The van der Waals surface area contributed by atoms with Crippen molar-refractivity contribution in [2.45, 2.75) is 38.6 Å². The van der Waals surface area contributed by atoms with Gasteiger partial charge in [-0.3, -0.25) is 9.59 Å². The lowest BCUT2D eigenvalue weighted by Crippen LogP contribution is -2.31. The van der Waals surface area contributed by atoms with Gasteiger partial charge in [-0.05, 0) is 52.8 Å². The van der Waals surface area contributed by atoms with Gasteiger partial charge in [-0.15, -0.1) is 0 Å². The van der Waals surface area contributed by atoms with Crippen molar-refractivity contribution in [2.75, 3.05) is 20.8 Å². The average Bonchev–Trinajstić information content (AvgIpc) is 3.16. The van der Waals surface area contributed by atoms with Gasteiger partial charge in [-0.25, -0.2) is 0 Å². The number of aliphatic hydroxyl groups is 1. The SMILES string of the molecule is COc1ccc(CCN2C(=O)C(=O)C(=C(O)c3ccc(Br)cc3)[C@H]2c2ccc(C(C)(C)C)cc2)cc1OC. The zero-order valence-corrected chi connectivity index (χ0v) is 23.8. The number of nitrogens with zero attached hydrogens (tertiary/aromatic N) is 1. The lowest BCUT2D eigenvalue weighted by molar-refractivity contribution is -0.139. The largest absolute Gasteiger partial charge is 0.507 e. The predicted octanol–water partition coefficient (Wildman–Crippen LogP) is 6.43. The maximum atomic E-state index is 13.3. The van der Waals surface area contributed by atoms with Gasteiger partial charge in [0.05, 0.1) is 25.8 Å². The fourth-order valence-electron chi connectivity index (χ4n) is 4.67. The molecule has 0 aromatic heterocycles. The number of likely N-dealkylation sites (tertiary alicyclic amines) is 1. The number of ether oxygens (including phenoxy) is 2. The Balaban J connectivity index is 1.76. The van der Waals surface area contributed by atoms with Crippen molar-refractivity contribution < 1.29 is 24.2 Å². The van der Waals surface area contributed by atoms with Gasteiger partial charge in [0.25, 0.3) is 11.7 Å². The van der Waals surface area contributed by atoms with Crippen molar-refractivity contribution in [1.82, 2.24) is 4.90 Å². The molecule has 7 heteroatoms. The van der Waals surface area contributed by atoms with E-state index in [9.17, 15) is 14.7 Å². The van der Waals surface area contributed by atoms with Crippen molar-refractivity contribution in [1.29, 1.82) is 0 Å². The molecule has 1 saturated heterocycles. The molecule has 3 aromatic carbocycles. The van der Waals surface area contributed by atoms with Crippen LogP contribution in [-0.2, 0) is 21.4 Å². The van der Waals surface area contributed by atoms with E-state index in [1.54, 1.807) is 43.4 Å². The van der Waals surface area contributed by atoms with Crippen LogP contribution in [0.5, 0.6) is 11.5 Å². The van der Waals surface area contributed by atoms with Crippen LogP contribution in [-0.4, -0.2) is 42.5 Å². The van der Waals surface area contributed by atoms with Crippen LogP contribution in [0.25, 0.3) is 5.76 Å². The molecular formula is C31H32BrNO5. The van der Waals surface area contributed by atoms with E-state index >= 15 is 0 Å². The third kappa shape index (κ3) is 5.48. The quantitative estimate of drug-likeness (QED) is 0.199. The van der Waals surface area contributed by atoms with Crippen LogP contribution in [0.2, 0.25) is 0 Å². The highest BCUT2D eigenvalue weighted by Gasteiger charge is 2.45. The molecule has 1 fully saturated rings. The number of carbonyl (C=O) groups excluding carboxylic acids is 2. The third-order valence-electron chi connectivity index (χ3n) is 6.84. The number of methoxy groups -OCH3 is 2. The summed E-state index contributed by atoms with van der Waals surface area (Å²) < 4.78 is 11.6. The molecule has 0 spiro atoms. The molecule has 1 N–H and O–H groups in total. The zero-order chi connectivity index (χ0) is 27.6. The minimum atomic E-state index is -0.715. The van der Waals surface area contributed by atoms with E-state index in [0.717, 1.165) is 21.2 Å². The average molecular weight is 579 g/mol. The first-order chi connectivity index (χ1) is 18.0. The molecule has 1 heterocycles. The van der Waals surface area contributed by atoms with Crippen LogP contribution >= 0.6 is 15.9 Å². The number of hydrogen-bond donors (Lipinski definition) is 1. The Kier molecular flexibility index (Phi) is 7.97. The number of carbonyl (C=O) groups is 2. The molecule has 0 bridgehead atoms. The molecule has 1 aliphatic heterocycles. The lowest BCUT2D eigenvalue weighted by atomic mass is 9.85. The normalized spacial score (nSPS) is 17.1. The van der Waals surface area contributed by atoms with E-state index in [2.05, 4.69) is 36.7 Å². The first kappa shape index (κ1) is 27.5. The lowest BCUT2D eigenvalue weighted by Gasteiger charge is -2.26. The Labute approximate surface area is 232 Å². The molecule has 4 rings (SSSR count). The van der Waals surface area contributed by atoms with Crippen LogP contribution in [0.3, 0.4) is 0 Å². The molecule has 3 aromatic rings. The number of hydrogen-bond acceptors (Lipinski definition) is 5. The smallest absolute Gasteiger partial charge is 0.295 e. The Morgan fingerprint density at radius 1 is 0.921 bits per heavy atom. The van der Waals surface area contributed by atoms with E-state index in [-0.39, 0.29) is 23.3 Å². The minimum Gasteiger partial charge on any atom is -0.507 e. The van der Waals surface area contributed by atoms with Crippen LogP contribution in [0.15, 0.2) is 76.8 Å². The van der Waals surface area contributed by atoms with E-state index in [4.69, 9.17) is 9.47 Å². The summed E-state index contributed by atoms with van der Waals surface area (Å²) in [6.07, 6.45) is 0.488. The Bertz CT molecular complexity index is 1370. The van der Waals surface area contributed by atoms with Gasteiger partial charge in [0.15, 0.2) is 11.5 Å². The Morgan fingerprint density at radius 3 is 2.13 bits per heavy atom. The monoisotopic (exact) mass is 577 g/mol. The maximum absolute atomic E-state index is 13.3. The highest BCUT2D eigenvalue weighted by Crippen LogP contribution is 2.40. The zero-order valence-electron chi connectivity index (χ0n) is 22.2. The topological polar surface area (TPSA) is 76.1 Å². The molecule has 0 radical (unpaired) electrons. The Morgan fingerprint density at radius 2 is 1.55 bits per heavy atom. The van der Waals surface area contributed by atoms with Gasteiger partial charge in [-0.2, -0.15) is 0 Å². The van der Waals surface area contributed by atoms with E-state index in [1.807, 2.05) is 42.5 Å². The van der Waals surface area contributed by atoms with Gasteiger partial charge in [-0.1, -0.05) is 79.2 Å². The second-order valence-corrected chi connectivity index (χ2v) is 11.2. The van der Waals surface area contributed by atoms with Crippen molar-refractivity contribution in [3.05, 3.63) is 99.0 Å².